The van der Waals surface area contributed by atoms with Crippen molar-refractivity contribution in [1.82, 2.24) is 0 Å². The van der Waals surface area contributed by atoms with Gasteiger partial charge in [-0.1, -0.05) is 170 Å². The van der Waals surface area contributed by atoms with Crippen LogP contribution in [-0.2, 0) is 0 Å². The van der Waals surface area contributed by atoms with E-state index < -0.39 is 0 Å². The highest BCUT2D eigenvalue weighted by molar-refractivity contribution is 6.08. The van der Waals surface area contributed by atoms with E-state index in [1.165, 1.54) is 49.7 Å². The van der Waals surface area contributed by atoms with Crippen molar-refractivity contribution in [3.05, 3.63) is 212 Å². The molecule has 0 aliphatic carbocycles. The first-order valence-corrected chi connectivity index (χ1v) is 18.4. The molecular formula is C52H35NO. The third kappa shape index (κ3) is 5.53. The van der Waals surface area contributed by atoms with Crippen molar-refractivity contribution in [1.29, 1.82) is 0 Å². The van der Waals surface area contributed by atoms with Crippen molar-refractivity contribution in [2.45, 2.75) is 0 Å². The van der Waals surface area contributed by atoms with Crippen LogP contribution in [-0.4, -0.2) is 0 Å². The predicted octanol–water partition coefficient (Wildman–Crippen LogP) is 14.9. The molecule has 0 aliphatic rings. The monoisotopic (exact) mass is 689 g/mol. The minimum atomic E-state index is 0.884. The molecule has 0 spiro atoms. The lowest BCUT2D eigenvalue weighted by Crippen LogP contribution is -2.10. The van der Waals surface area contributed by atoms with Crippen molar-refractivity contribution in [2.24, 2.45) is 0 Å². The Morgan fingerprint density at radius 3 is 1.59 bits per heavy atom. The molecule has 2 nitrogen and oxygen atoms in total. The molecular weight excluding hydrogens is 655 g/mol. The molecule has 0 saturated carbocycles. The Morgan fingerprint density at radius 2 is 0.833 bits per heavy atom. The lowest BCUT2D eigenvalue weighted by molar-refractivity contribution is 0.669. The van der Waals surface area contributed by atoms with Crippen LogP contribution in [0.5, 0.6) is 0 Å². The Labute approximate surface area is 314 Å². The fourth-order valence-corrected chi connectivity index (χ4v) is 7.99. The quantitative estimate of drug-likeness (QED) is 0.166. The van der Waals surface area contributed by atoms with Crippen molar-refractivity contribution in [3.8, 4) is 44.5 Å². The van der Waals surface area contributed by atoms with Gasteiger partial charge in [0.15, 0.2) is 0 Å². The van der Waals surface area contributed by atoms with E-state index in [4.69, 9.17) is 4.42 Å². The zero-order valence-corrected chi connectivity index (χ0v) is 29.6. The molecule has 0 atom stereocenters. The number of hydrogen-bond donors (Lipinski definition) is 0. The van der Waals surface area contributed by atoms with Gasteiger partial charge in [-0.05, 0) is 92.4 Å². The summed E-state index contributed by atoms with van der Waals surface area (Å²) in [5.41, 5.74) is 14.6. The third-order valence-corrected chi connectivity index (χ3v) is 10.5. The van der Waals surface area contributed by atoms with Crippen molar-refractivity contribution in [3.63, 3.8) is 0 Å². The van der Waals surface area contributed by atoms with Crippen LogP contribution in [0.4, 0.5) is 17.1 Å². The summed E-state index contributed by atoms with van der Waals surface area (Å²) in [6.45, 7) is 0. The molecule has 9 aromatic carbocycles. The highest BCUT2D eigenvalue weighted by atomic mass is 16.3. The number of anilines is 3. The maximum Gasteiger partial charge on any atom is 0.135 e. The van der Waals surface area contributed by atoms with E-state index in [0.717, 1.165) is 44.6 Å². The number of rotatable bonds is 7. The van der Waals surface area contributed by atoms with E-state index in [1.54, 1.807) is 0 Å². The number of para-hydroxylation sites is 1. The normalized spacial score (nSPS) is 11.3. The molecule has 1 aromatic heterocycles. The van der Waals surface area contributed by atoms with Crippen molar-refractivity contribution < 1.29 is 4.42 Å². The van der Waals surface area contributed by atoms with Crippen LogP contribution in [0.3, 0.4) is 0 Å². The Kier molecular flexibility index (Phi) is 7.85. The summed E-state index contributed by atoms with van der Waals surface area (Å²) in [5, 5.41) is 4.61. The Balaban J connectivity index is 1.16. The molecule has 0 saturated heterocycles. The molecule has 0 unspecified atom stereocenters. The fraction of sp³-hybridized carbons (Fsp3) is 0. The van der Waals surface area contributed by atoms with Gasteiger partial charge in [0.1, 0.15) is 11.2 Å². The molecule has 10 rings (SSSR count). The fourth-order valence-electron chi connectivity index (χ4n) is 7.99. The topological polar surface area (TPSA) is 16.4 Å². The second-order valence-electron chi connectivity index (χ2n) is 13.7. The molecule has 10 aromatic rings. The van der Waals surface area contributed by atoms with E-state index >= 15 is 0 Å². The van der Waals surface area contributed by atoms with Gasteiger partial charge in [0.25, 0.3) is 0 Å². The summed E-state index contributed by atoms with van der Waals surface area (Å²) in [6, 6.07) is 76.0. The first-order chi connectivity index (χ1) is 26.8. The van der Waals surface area contributed by atoms with Crippen LogP contribution >= 0.6 is 0 Å². The smallest absolute Gasteiger partial charge is 0.135 e. The lowest BCUT2D eigenvalue weighted by Gasteiger charge is -2.27. The average Bonchev–Trinajstić information content (AvgIpc) is 3.63. The minimum Gasteiger partial charge on any atom is -0.456 e. The Hall–Kier alpha value is -7.16. The molecule has 54 heavy (non-hydrogen) atoms. The average molecular weight is 690 g/mol. The van der Waals surface area contributed by atoms with Gasteiger partial charge in [-0.2, -0.15) is 0 Å². The molecule has 0 aliphatic heterocycles. The first-order valence-electron chi connectivity index (χ1n) is 18.4. The summed E-state index contributed by atoms with van der Waals surface area (Å²) >= 11 is 0. The molecule has 0 amide bonds. The number of fused-ring (bicyclic) bond motifs is 4. The highest BCUT2D eigenvalue weighted by Crippen LogP contribution is 2.46. The van der Waals surface area contributed by atoms with E-state index in [2.05, 4.69) is 205 Å². The predicted molar refractivity (Wildman–Crippen MR) is 228 cm³/mol. The van der Waals surface area contributed by atoms with E-state index in [-0.39, 0.29) is 0 Å². The largest absolute Gasteiger partial charge is 0.456 e. The molecule has 254 valence electrons. The number of hydrogen-bond acceptors (Lipinski definition) is 2. The molecule has 0 radical (unpaired) electrons. The first kappa shape index (κ1) is 31.6. The van der Waals surface area contributed by atoms with E-state index in [0.29, 0.717) is 0 Å². The molecule has 2 heteroatoms. The van der Waals surface area contributed by atoms with Gasteiger partial charge in [0.2, 0.25) is 0 Å². The van der Waals surface area contributed by atoms with Gasteiger partial charge in [-0.25, -0.2) is 0 Å². The molecule has 0 fully saturated rings. The van der Waals surface area contributed by atoms with Crippen molar-refractivity contribution >= 4 is 49.8 Å². The Bertz CT molecular complexity index is 2920. The Morgan fingerprint density at radius 1 is 0.315 bits per heavy atom. The minimum absolute atomic E-state index is 0.884. The molecule has 1 heterocycles. The van der Waals surface area contributed by atoms with Gasteiger partial charge in [-0.15, -0.1) is 0 Å². The van der Waals surface area contributed by atoms with Crippen LogP contribution < -0.4 is 4.90 Å². The maximum absolute atomic E-state index is 6.24. The van der Waals surface area contributed by atoms with Crippen LogP contribution in [0.2, 0.25) is 0 Å². The zero-order valence-electron chi connectivity index (χ0n) is 29.6. The van der Waals surface area contributed by atoms with Crippen LogP contribution in [0.25, 0.3) is 77.2 Å². The lowest BCUT2D eigenvalue weighted by atomic mass is 9.84. The number of nitrogens with zero attached hydrogens (tertiary/aromatic N) is 1. The van der Waals surface area contributed by atoms with Gasteiger partial charge < -0.3 is 9.32 Å². The molecule has 0 bridgehead atoms. The van der Waals surface area contributed by atoms with E-state index in [9.17, 15) is 0 Å². The van der Waals surface area contributed by atoms with Gasteiger partial charge in [0, 0.05) is 27.5 Å². The van der Waals surface area contributed by atoms with Crippen LogP contribution in [0, 0.1) is 0 Å². The van der Waals surface area contributed by atoms with Gasteiger partial charge >= 0.3 is 0 Å². The van der Waals surface area contributed by atoms with Crippen molar-refractivity contribution in [2.75, 3.05) is 4.90 Å². The van der Waals surface area contributed by atoms with E-state index in [1.807, 2.05) is 12.1 Å². The highest BCUT2D eigenvalue weighted by Gasteiger charge is 2.20. The standard InChI is InChI=1S/C52H35NO/c1-3-15-36(16-4-1)42-21-9-10-24-47(42)52-44(38-17-5-2-6-18-38)25-14-26-45(52)39-29-31-40(32-30-39)53(49-27-13-20-37-19-7-8-22-43(37)49)41-33-34-51-48(35-41)46-23-11-12-28-50(46)54-51/h1-35H. The van der Waals surface area contributed by atoms with Gasteiger partial charge in [-0.3, -0.25) is 0 Å². The number of benzene rings is 9. The maximum atomic E-state index is 6.24. The summed E-state index contributed by atoms with van der Waals surface area (Å²) in [7, 11) is 0. The summed E-state index contributed by atoms with van der Waals surface area (Å²) in [4.78, 5) is 2.37. The SMILES string of the molecule is c1ccc(-c2ccccc2-c2c(-c3ccccc3)cccc2-c2ccc(N(c3ccc4oc5ccccc5c4c3)c3cccc4ccccc34)cc2)cc1. The second-order valence-corrected chi connectivity index (χ2v) is 13.7. The molecule has 0 N–H and O–H groups in total. The van der Waals surface area contributed by atoms with Crippen LogP contribution in [0.1, 0.15) is 0 Å². The summed E-state index contributed by atoms with van der Waals surface area (Å²) in [6.07, 6.45) is 0. The number of furan rings is 1. The second kappa shape index (κ2) is 13.4. The van der Waals surface area contributed by atoms with Gasteiger partial charge in [0.05, 0.1) is 5.69 Å². The summed E-state index contributed by atoms with van der Waals surface area (Å²) in [5.74, 6) is 0. The zero-order chi connectivity index (χ0) is 35.8. The third-order valence-electron chi connectivity index (χ3n) is 10.5. The summed E-state index contributed by atoms with van der Waals surface area (Å²) < 4.78 is 6.24. The van der Waals surface area contributed by atoms with Crippen LogP contribution in [0.15, 0.2) is 217 Å².